The highest BCUT2D eigenvalue weighted by molar-refractivity contribution is 5.85. The quantitative estimate of drug-likeness (QED) is 0.734. The van der Waals surface area contributed by atoms with Gasteiger partial charge in [0.05, 0.1) is 0 Å². The molecule has 94 valence electrons. The lowest BCUT2D eigenvalue weighted by molar-refractivity contribution is -0.120. The summed E-state index contributed by atoms with van der Waals surface area (Å²) in [5, 5.41) is 6.33. The van der Waals surface area contributed by atoms with Crippen LogP contribution < -0.4 is 10.6 Å². The van der Waals surface area contributed by atoms with Crippen LogP contribution in [0.1, 0.15) is 19.8 Å². The maximum absolute atomic E-state index is 11.2. The van der Waals surface area contributed by atoms with Crippen LogP contribution in [0.3, 0.4) is 0 Å². The van der Waals surface area contributed by atoms with Gasteiger partial charge in [0, 0.05) is 39.1 Å². The fourth-order valence-electron chi connectivity index (χ4n) is 2.51. The van der Waals surface area contributed by atoms with Crippen molar-refractivity contribution in [3.05, 3.63) is 0 Å². The van der Waals surface area contributed by atoms with Gasteiger partial charge in [-0.15, -0.1) is 12.4 Å². The van der Waals surface area contributed by atoms with Crippen LogP contribution in [-0.2, 0) is 4.79 Å². The number of rotatable bonds is 2. The van der Waals surface area contributed by atoms with Crippen molar-refractivity contribution in [1.82, 2.24) is 15.5 Å². The predicted octanol–water partition coefficient (Wildman–Crippen LogP) is 0.230. The van der Waals surface area contributed by atoms with Gasteiger partial charge in [-0.05, 0) is 18.4 Å². The Morgan fingerprint density at radius 3 is 2.88 bits per heavy atom. The van der Waals surface area contributed by atoms with Gasteiger partial charge in [0.15, 0.2) is 0 Å². The van der Waals surface area contributed by atoms with Gasteiger partial charge in [0.2, 0.25) is 5.91 Å². The molecule has 2 fully saturated rings. The molecule has 2 N–H and O–H groups in total. The van der Waals surface area contributed by atoms with Crippen molar-refractivity contribution in [3.8, 4) is 0 Å². The lowest BCUT2D eigenvalue weighted by Crippen LogP contribution is -2.39. The van der Waals surface area contributed by atoms with Crippen LogP contribution in [0.25, 0.3) is 0 Å². The summed E-state index contributed by atoms with van der Waals surface area (Å²) in [5.74, 6) is 0.201. The molecule has 5 heteroatoms. The Balaban J connectivity index is 0.00000128. The fourth-order valence-corrected chi connectivity index (χ4v) is 2.51. The molecule has 2 rings (SSSR count). The van der Waals surface area contributed by atoms with E-state index >= 15 is 0 Å². The van der Waals surface area contributed by atoms with Crippen molar-refractivity contribution in [1.29, 1.82) is 0 Å². The Labute approximate surface area is 104 Å². The smallest absolute Gasteiger partial charge is 0.221 e. The van der Waals surface area contributed by atoms with E-state index in [1.165, 1.54) is 6.42 Å². The minimum Gasteiger partial charge on any atom is -0.355 e. The molecule has 2 saturated heterocycles. The maximum atomic E-state index is 11.2. The van der Waals surface area contributed by atoms with Crippen molar-refractivity contribution >= 4 is 18.3 Å². The Hall–Kier alpha value is -0.320. The molecule has 1 unspecified atom stereocenters. The van der Waals surface area contributed by atoms with E-state index in [9.17, 15) is 4.79 Å². The third kappa shape index (κ3) is 3.61. The average Bonchev–Trinajstić information content (AvgIpc) is 2.51. The molecule has 2 aliphatic rings. The molecular weight excluding hydrogens is 226 g/mol. The van der Waals surface area contributed by atoms with Gasteiger partial charge in [0.25, 0.3) is 0 Å². The van der Waals surface area contributed by atoms with Crippen molar-refractivity contribution in [2.24, 2.45) is 5.41 Å². The summed E-state index contributed by atoms with van der Waals surface area (Å²) in [6.07, 6.45) is 1.91. The van der Waals surface area contributed by atoms with Crippen LogP contribution in [0.15, 0.2) is 0 Å². The Morgan fingerprint density at radius 1 is 1.38 bits per heavy atom. The van der Waals surface area contributed by atoms with Gasteiger partial charge in [-0.2, -0.15) is 0 Å². The summed E-state index contributed by atoms with van der Waals surface area (Å²) in [7, 11) is 0. The topological polar surface area (TPSA) is 44.4 Å². The molecule has 0 saturated carbocycles. The number of halogens is 1. The molecule has 0 aromatic carbocycles. The standard InChI is InChI=1S/C11H21N3O.ClH/c1-11(3-4-12-8-11)9-14-6-2-10(15)13-5-7-14;/h12H,2-9H2,1H3,(H,13,15);1H. The molecule has 2 heterocycles. The molecule has 0 aromatic rings. The zero-order chi connectivity index (χ0) is 10.7. The number of nitrogens with zero attached hydrogens (tertiary/aromatic N) is 1. The lowest BCUT2D eigenvalue weighted by Gasteiger charge is -2.30. The monoisotopic (exact) mass is 247 g/mol. The number of carbonyl (C=O) groups excluding carboxylic acids is 1. The molecule has 2 aliphatic heterocycles. The maximum Gasteiger partial charge on any atom is 0.221 e. The first-order chi connectivity index (χ1) is 7.18. The third-order valence-corrected chi connectivity index (χ3v) is 3.47. The zero-order valence-corrected chi connectivity index (χ0v) is 10.7. The van der Waals surface area contributed by atoms with Crippen LogP contribution in [0, 0.1) is 5.41 Å². The van der Waals surface area contributed by atoms with E-state index in [2.05, 4.69) is 22.5 Å². The van der Waals surface area contributed by atoms with E-state index in [4.69, 9.17) is 0 Å². The molecule has 0 spiro atoms. The normalized spacial score (nSPS) is 31.7. The van der Waals surface area contributed by atoms with E-state index < -0.39 is 0 Å². The summed E-state index contributed by atoms with van der Waals surface area (Å²) in [6.45, 7) is 8.44. The molecule has 0 bridgehead atoms. The number of nitrogens with one attached hydrogen (secondary N) is 2. The fraction of sp³-hybridized carbons (Fsp3) is 0.909. The van der Waals surface area contributed by atoms with E-state index in [1.54, 1.807) is 0 Å². The zero-order valence-electron chi connectivity index (χ0n) is 9.92. The van der Waals surface area contributed by atoms with Crippen LogP contribution in [0.5, 0.6) is 0 Å². The van der Waals surface area contributed by atoms with E-state index in [0.29, 0.717) is 11.8 Å². The van der Waals surface area contributed by atoms with Crippen molar-refractivity contribution in [2.75, 3.05) is 39.3 Å². The van der Waals surface area contributed by atoms with Crippen LogP contribution >= 0.6 is 12.4 Å². The summed E-state index contributed by atoms with van der Waals surface area (Å²) in [5.41, 5.74) is 0.410. The Kier molecular flexibility index (Phi) is 5.02. The SMILES string of the molecule is CC1(CN2CCNC(=O)CC2)CCNC1.Cl. The van der Waals surface area contributed by atoms with E-state index in [1.807, 2.05) is 0 Å². The predicted molar refractivity (Wildman–Crippen MR) is 66.9 cm³/mol. The molecule has 0 aromatic heterocycles. The van der Waals surface area contributed by atoms with Gasteiger partial charge in [-0.3, -0.25) is 4.79 Å². The summed E-state index contributed by atoms with van der Waals surface area (Å²) < 4.78 is 0. The van der Waals surface area contributed by atoms with Crippen molar-refractivity contribution in [2.45, 2.75) is 19.8 Å². The number of hydrogen-bond donors (Lipinski definition) is 2. The highest BCUT2D eigenvalue weighted by Crippen LogP contribution is 2.25. The van der Waals surface area contributed by atoms with Gasteiger partial charge in [0.1, 0.15) is 0 Å². The molecular formula is C11H22ClN3O. The van der Waals surface area contributed by atoms with Gasteiger partial charge < -0.3 is 15.5 Å². The molecule has 0 aliphatic carbocycles. The van der Waals surface area contributed by atoms with Crippen LogP contribution in [-0.4, -0.2) is 50.1 Å². The van der Waals surface area contributed by atoms with Crippen molar-refractivity contribution < 1.29 is 4.79 Å². The molecule has 4 nitrogen and oxygen atoms in total. The first-order valence-corrected chi connectivity index (χ1v) is 5.88. The molecule has 1 atom stereocenters. The average molecular weight is 248 g/mol. The van der Waals surface area contributed by atoms with E-state index in [0.717, 1.165) is 39.3 Å². The third-order valence-electron chi connectivity index (χ3n) is 3.47. The first-order valence-electron chi connectivity index (χ1n) is 5.88. The second-order valence-electron chi connectivity index (χ2n) is 5.11. The van der Waals surface area contributed by atoms with Crippen LogP contribution in [0.4, 0.5) is 0 Å². The summed E-state index contributed by atoms with van der Waals surface area (Å²) >= 11 is 0. The first kappa shape index (κ1) is 13.7. The van der Waals surface area contributed by atoms with Gasteiger partial charge in [-0.25, -0.2) is 0 Å². The minimum atomic E-state index is 0. The summed E-state index contributed by atoms with van der Waals surface area (Å²) in [4.78, 5) is 13.6. The van der Waals surface area contributed by atoms with Crippen LogP contribution in [0.2, 0.25) is 0 Å². The minimum absolute atomic E-state index is 0. The van der Waals surface area contributed by atoms with E-state index in [-0.39, 0.29) is 18.3 Å². The van der Waals surface area contributed by atoms with Gasteiger partial charge in [-0.1, -0.05) is 6.92 Å². The molecule has 1 amide bonds. The second-order valence-corrected chi connectivity index (χ2v) is 5.11. The summed E-state index contributed by atoms with van der Waals surface area (Å²) in [6, 6.07) is 0. The number of carbonyl (C=O) groups is 1. The largest absolute Gasteiger partial charge is 0.355 e. The Bertz CT molecular complexity index is 241. The number of amides is 1. The lowest BCUT2D eigenvalue weighted by atomic mass is 9.89. The molecule has 16 heavy (non-hydrogen) atoms. The highest BCUT2D eigenvalue weighted by Gasteiger charge is 2.31. The molecule has 0 radical (unpaired) electrons. The number of hydrogen-bond acceptors (Lipinski definition) is 3. The second kappa shape index (κ2) is 5.84. The Morgan fingerprint density at radius 2 is 2.19 bits per heavy atom. The van der Waals surface area contributed by atoms with Crippen molar-refractivity contribution in [3.63, 3.8) is 0 Å². The highest BCUT2D eigenvalue weighted by atomic mass is 35.5. The van der Waals surface area contributed by atoms with Gasteiger partial charge >= 0.3 is 0 Å².